The standard InChI is InChI=1S/C26H40N5S/c1-7-30(8-2)17-15-28(5)21-11-13-23-25(19-21)32-26-20-22(12-14-24(26)27-23)29(6)16-18-31(9-3)10-4/h11-14,19-20H,7-10,15-18H2,1-6H3/q+1. The first-order valence-electron chi connectivity index (χ1n) is 12.0. The van der Waals surface area contributed by atoms with Crippen LogP contribution in [0.2, 0.25) is 0 Å². The van der Waals surface area contributed by atoms with E-state index in [1.54, 1.807) is 0 Å². The summed E-state index contributed by atoms with van der Waals surface area (Å²) in [7, 11) is 4.37. The third kappa shape index (κ3) is 6.06. The highest BCUT2D eigenvalue weighted by Gasteiger charge is 2.12. The first-order chi connectivity index (χ1) is 15.5. The Morgan fingerprint density at radius 2 is 1.53 bits per heavy atom. The number of fused-ring (bicyclic) bond motifs is 2. The van der Waals surface area contributed by atoms with Gasteiger partial charge in [0.15, 0.2) is 6.54 Å². The molecule has 0 unspecified atom stereocenters. The monoisotopic (exact) mass is 454 g/mol. The van der Waals surface area contributed by atoms with E-state index >= 15 is 0 Å². The van der Waals surface area contributed by atoms with Crippen LogP contribution in [0.3, 0.4) is 0 Å². The summed E-state index contributed by atoms with van der Waals surface area (Å²) < 4.78 is 3.60. The maximum absolute atomic E-state index is 4.94. The Morgan fingerprint density at radius 3 is 2.22 bits per heavy atom. The number of anilines is 1. The SMILES string of the molecule is CCN(CC)CCN(C)c1ccc2nc3ccc(=[N+](C)CCN(CC)CC)cc-3sc2c1. The van der Waals surface area contributed by atoms with Gasteiger partial charge in [-0.05, 0) is 50.4 Å². The predicted octanol–water partition coefficient (Wildman–Crippen LogP) is 3.92. The van der Waals surface area contributed by atoms with Crippen molar-refractivity contribution in [2.45, 2.75) is 27.7 Å². The van der Waals surface area contributed by atoms with E-state index < -0.39 is 0 Å². The zero-order valence-corrected chi connectivity index (χ0v) is 21.6. The predicted molar refractivity (Wildman–Crippen MR) is 141 cm³/mol. The molecule has 2 aliphatic rings. The van der Waals surface area contributed by atoms with Crippen LogP contribution in [0.4, 0.5) is 5.69 Å². The normalized spacial score (nSPS) is 12.9. The Labute approximate surface area is 198 Å². The minimum atomic E-state index is 1.03. The van der Waals surface area contributed by atoms with Gasteiger partial charge in [0.1, 0.15) is 7.05 Å². The van der Waals surface area contributed by atoms with E-state index in [4.69, 9.17) is 4.98 Å². The van der Waals surface area contributed by atoms with E-state index in [0.29, 0.717) is 0 Å². The van der Waals surface area contributed by atoms with E-state index in [1.165, 1.54) is 20.6 Å². The zero-order chi connectivity index (χ0) is 23.1. The number of hydrogen-bond acceptors (Lipinski definition) is 5. The van der Waals surface area contributed by atoms with E-state index in [9.17, 15) is 0 Å². The number of hydrogen-bond donors (Lipinski definition) is 0. The van der Waals surface area contributed by atoms with E-state index in [-0.39, 0.29) is 0 Å². The van der Waals surface area contributed by atoms with Crippen LogP contribution in [0, 0.1) is 0 Å². The molecule has 0 atom stereocenters. The van der Waals surface area contributed by atoms with Crippen molar-refractivity contribution in [3.63, 3.8) is 0 Å². The van der Waals surface area contributed by atoms with Gasteiger partial charge >= 0.3 is 0 Å². The van der Waals surface area contributed by atoms with Crippen LogP contribution < -0.4 is 14.8 Å². The van der Waals surface area contributed by atoms with Gasteiger partial charge in [-0.2, -0.15) is 0 Å². The molecular formula is C26H40N5S+. The second-order valence-electron chi connectivity index (χ2n) is 8.41. The smallest absolute Gasteiger partial charge is 0.201 e. The molecule has 0 spiro atoms. The first kappa shape index (κ1) is 24.6. The number of benzene rings is 2. The Morgan fingerprint density at radius 1 is 0.844 bits per heavy atom. The Balaban J connectivity index is 1.86. The highest BCUT2D eigenvalue weighted by Crippen LogP contribution is 2.31. The summed E-state index contributed by atoms with van der Waals surface area (Å²) in [5.74, 6) is 0. The van der Waals surface area contributed by atoms with Crippen LogP contribution in [0.5, 0.6) is 0 Å². The molecule has 0 amide bonds. The fraction of sp³-hybridized carbons (Fsp3) is 0.538. The van der Waals surface area contributed by atoms with Crippen molar-refractivity contribution in [3.05, 3.63) is 41.8 Å². The van der Waals surface area contributed by atoms with Gasteiger partial charge in [0.2, 0.25) is 5.36 Å². The van der Waals surface area contributed by atoms with Crippen LogP contribution in [-0.4, -0.2) is 81.2 Å². The molecule has 0 aromatic heterocycles. The lowest BCUT2D eigenvalue weighted by Crippen LogP contribution is -2.35. The van der Waals surface area contributed by atoms with E-state index in [2.05, 4.69) is 97.5 Å². The largest absolute Gasteiger partial charge is 0.373 e. The molecule has 1 aliphatic heterocycles. The van der Waals surface area contributed by atoms with Crippen molar-refractivity contribution < 1.29 is 0 Å². The Bertz CT molecular complexity index is 1040. The molecule has 0 bridgehead atoms. The van der Waals surface area contributed by atoms with Gasteiger partial charge in [0.25, 0.3) is 0 Å². The van der Waals surface area contributed by atoms with Crippen molar-refractivity contribution in [2.24, 2.45) is 0 Å². The molecule has 6 heteroatoms. The van der Waals surface area contributed by atoms with Gasteiger partial charge in [-0.1, -0.05) is 27.7 Å². The number of nitrogens with zero attached hydrogens (tertiary/aromatic N) is 5. The summed E-state index contributed by atoms with van der Waals surface area (Å²) in [5, 5.41) is 1.26. The Hall–Kier alpha value is -2.02. The molecule has 32 heavy (non-hydrogen) atoms. The van der Waals surface area contributed by atoms with Crippen LogP contribution in [0.15, 0.2) is 36.4 Å². The van der Waals surface area contributed by atoms with Crippen molar-refractivity contribution in [1.82, 2.24) is 19.4 Å². The molecule has 0 fully saturated rings. The summed E-state index contributed by atoms with van der Waals surface area (Å²) in [6.45, 7) is 17.6. The fourth-order valence-corrected chi connectivity index (χ4v) is 5.03. The molecule has 5 nitrogen and oxygen atoms in total. The highest BCUT2D eigenvalue weighted by molar-refractivity contribution is 7.21. The van der Waals surface area contributed by atoms with Gasteiger partial charge in [0, 0.05) is 38.0 Å². The van der Waals surface area contributed by atoms with Crippen molar-refractivity contribution in [2.75, 3.05) is 71.4 Å². The van der Waals surface area contributed by atoms with Gasteiger partial charge in [-0.3, -0.25) is 4.90 Å². The zero-order valence-electron chi connectivity index (χ0n) is 20.8. The molecule has 1 aliphatic carbocycles. The second-order valence-corrected chi connectivity index (χ2v) is 9.50. The van der Waals surface area contributed by atoms with Gasteiger partial charge in [-0.25, -0.2) is 9.56 Å². The van der Waals surface area contributed by atoms with Gasteiger partial charge in [0.05, 0.1) is 27.3 Å². The first-order valence-corrected chi connectivity index (χ1v) is 12.8. The van der Waals surface area contributed by atoms with Crippen molar-refractivity contribution in [3.8, 4) is 10.6 Å². The van der Waals surface area contributed by atoms with Crippen LogP contribution in [0.25, 0.3) is 20.8 Å². The van der Waals surface area contributed by atoms with Gasteiger partial charge in [-0.15, -0.1) is 11.3 Å². The summed E-state index contributed by atoms with van der Waals surface area (Å²) >= 11 is 1.84. The summed E-state index contributed by atoms with van der Waals surface area (Å²) in [6.07, 6.45) is 0. The minimum absolute atomic E-state index is 1.03. The molecule has 174 valence electrons. The molecule has 0 N–H and O–H groups in total. The third-order valence-corrected chi connectivity index (χ3v) is 7.62. The maximum Gasteiger partial charge on any atom is 0.201 e. The quantitative estimate of drug-likeness (QED) is 0.324. The number of aromatic nitrogens is 1. The molecule has 1 aromatic rings. The molecule has 0 saturated carbocycles. The van der Waals surface area contributed by atoms with E-state index in [1.807, 2.05) is 11.3 Å². The number of likely N-dealkylation sites (N-methyl/N-ethyl adjacent to an activating group) is 4. The van der Waals surface area contributed by atoms with Crippen LogP contribution in [-0.2, 0) is 0 Å². The van der Waals surface area contributed by atoms with Crippen LogP contribution >= 0.6 is 11.3 Å². The van der Waals surface area contributed by atoms with Crippen molar-refractivity contribution >= 4 is 27.2 Å². The van der Waals surface area contributed by atoms with Crippen LogP contribution in [0.1, 0.15) is 27.7 Å². The van der Waals surface area contributed by atoms with E-state index in [0.717, 1.165) is 63.6 Å². The van der Waals surface area contributed by atoms with Gasteiger partial charge < -0.3 is 9.80 Å². The lowest BCUT2D eigenvalue weighted by Gasteiger charge is -2.24. The Kier molecular flexibility index (Phi) is 9.02. The molecule has 1 aromatic carbocycles. The molecule has 0 radical (unpaired) electrons. The maximum atomic E-state index is 4.94. The average Bonchev–Trinajstić information content (AvgIpc) is 2.82. The topological polar surface area (TPSA) is 25.6 Å². The molecule has 1 heterocycles. The summed E-state index contributed by atoms with van der Waals surface area (Å²) in [6, 6.07) is 13.3. The average molecular weight is 455 g/mol. The lowest BCUT2D eigenvalue weighted by molar-refractivity contribution is 0.299. The third-order valence-electron chi connectivity index (χ3n) is 6.52. The minimum Gasteiger partial charge on any atom is -0.373 e. The highest BCUT2D eigenvalue weighted by atomic mass is 32.1. The molecule has 3 rings (SSSR count). The molecular weight excluding hydrogens is 414 g/mol. The second kappa shape index (κ2) is 11.7. The summed E-state index contributed by atoms with van der Waals surface area (Å²) in [4.78, 5) is 13.5. The number of rotatable bonds is 11. The lowest BCUT2D eigenvalue weighted by atomic mass is 10.2. The summed E-state index contributed by atoms with van der Waals surface area (Å²) in [5.41, 5.74) is 3.41. The molecule has 0 saturated heterocycles. The van der Waals surface area contributed by atoms with Crippen molar-refractivity contribution in [1.29, 1.82) is 0 Å². The fourth-order valence-electron chi connectivity index (χ4n) is 4.00.